The van der Waals surface area contributed by atoms with Gasteiger partial charge in [-0.25, -0.2) is 4.98 Å². The SMILES string of the molecule is O=C(Cc1ccsc1)Nc1nc2c(s1)CCC2. The van der Waals surface area contributed by atoms with E-state index in [0.717, 1.165) is 23.5 Å². The Kier molecular flexibility index (Phi) is 2.94. The summed E-state index contributed by atoms with van der Waals surface area (Å²) in [5, 5.41) is 7.63. The van der Waals surface area contributed by atoms with Gasteiger partial charge in [0.2, 0.25) is 5.91 Å². The number of thiazole rings is 1. The fourth-order valence-corrected chi connectivity index (χ4v) is 3.72. The van der Waals surface area contributed by atoms with Gasteiger partial charge in [-0.3, -0.25) is 4.79 Å². The molecule has 0 radical (unpaired) electrons. The molecule has 1 aliphatic carbocycles. The minimum absolute atomic E-state index is 0.0239. The van der Waals surface area contributed by atoms with E-state index in [2.05, 4.69) is 10.3 Å². The zero-order valence-electron chi connectivity index (χ0n) is 9.23. The lowest BCUT2D eigenvalue weighted by atomic mass is 10.2. The van der Waals surface area contributed by atoms with Gasteiger partial charge in [-0.15, -0.1) is 11.3 Å². The number of amides is 1. The fraction of sp³-hybridized carbons (Fsp3) is 0.333. The van der Waals surface area contributed by atoms with Crippen LogP contribution >= 0.6 is 22.7 Å². The number of rotatable bonds is 3. The van der Waals surface area contributed by atoms with Crippen molar-refractivity contribution < 1.29 is 4.79 Å². The minimum atomic E-state index is 0.0239. The van der Waals surface area contributed by atoms with Crippen LogP contribution in [0.2, 0.25) is 0 Å². The molecule has 3 rings (SSSR count). The van der Waals surface area contributed by atoms with Gasteiger partial charge in [0.05, 0.1) is 12.1 Å². The fourth-order valence-electron chi connectivity index (χ4n) is 1.99. The van der Waals surface area contributed by atoms with Gasteiger partial charge in [-0.2, -0.15) is 11.3 Å². The first-order valence-corrected chi connectivity index (χ1v) is 7.37. The zero-order valence-corrected chi connectivity index (χ0v) is 10.9. The quantitative estimate of drug-likeness (QED) is 0.926. The van der Waals surface area contributed by atoms with Gasteiger partial charge in [0.15, 0.2) is 5.13 Å². The van der Waals surface area contributed by atoms with Crippen molar-refractivity contribution in [3.63, 3.8) is 0 Å². The number of carbonyl (C=O) groups excluding carboxylic acids is 1. The molecule has 0 atom stereocenters. The van der Waals surface area contributed by atoms with Crippen LogP contribution in [-0.2, 0) is 24.1 Å². The van der Waals surface area contributed by atoms with Crippen molar-refractivity contribution in [3.8, 4) is 0 Å². The summed E-state index contributed by atoms with van der Waals surface area (Å²) in [5.74, 6) is 0.0239. The number of hydrogen-bond donors (Lipinski definition) is 1. The Hall–Kier alpha value is -1.20. The van der Waals surface area contributed by atoms with Crippen LogP contribution in [0.5, 0.6) is 0 Å². The Morgan fingerprint density at radius 2 is 2.41 bits per heavy atom. The molecule has 0 bridgehead atoms. The number of fused-ring (bicyclic) bond motifs is 1. The van der Waals surface area contributed by atoms with E-state index in [0.29, 0.717) is 6.42 Å². The van der Waals surface area contributed by atoms with Gasteiger partial charge < -0.3 is 5.32 Å². The van der Waals surface area contributed by atoms with Gasteiger partial charge in [0, 0.05) is 4.88 Å². The van der Waals surface area contributed by atoms with Crippen LogP contribution in [0.1, 0.15) is 22.6 Å². The molecule has 0 saturated carbocycles. The van der Waals surface area contributed by atoms with Crippen molar-refractivity contribution >= 4 is 33.7 Å². The molecule has 2 aromatic rings. The smallest absolute Gasteiger partial charge is 0.230 e. The van der Waals surface area contributed by atoms with Crippen LogP contribution in [0, 0.1) is 0 Å². The van der Waals surface area contributed by atoms with Crippen LogP contribution in [0.3, 0.4) is 0 Å². The van der Waals surface area contributed by atoms with Crippen molar-refractivity contribution in [1.29, 1.82) is 0 Å². The molecule has 0 saturated heterocycles. The Morgan fingerprint density at radius 1 is 1.47 bits per heavy atom. The van der Waals surface area contributed by atoms with Crippen molar-refractivity contribution in [2.45, 2.75) is 25.7 Å². The van der Waals surface area contributed by atoms with Crippen LogP contribution in [0.15, 0.2) is 16.8 Å². The van der Waals surface area contributed by atoms with E-state index < -0.39 is 0 Å². The Bertz CT molecular complexity index is 509. The molecule has 5 heteroatoms. The number of carbonyl (C=O) groups is 1. The summed E-state index contributed by atoms with van der Waals surface area (Å²) in [6, 6.07) is 1.98. The van der Waals surface area contributed by atoms with E-state index in [9.17, 15) is 4.79 Å². The lowest BCUT2D eigenvalue weighted by molar-refractivity contribution is -0.115. The van der Waals surface area contributed by atoms with Gasteiger partial charge >= 0.3 is 0 Å². The van der Waals surface area contributed by atoms with Gasteiger partial charge in [0.1, 0.15) is 0 Å². The van der Waals surface area contributed by atoms with Crippen LogP contribution in [0.25, 0.3) is 0 Å². The lowest BCUT2D eigenvalue weighted by Crippen LogP contribution is -2.13. The molecule has 2 heterocycles. The molecule has 0 fully saturated rings. The van der Waals surface area contributed by atoms with Crippen molar-refractivity contribution in [1.82, 2.24) is 4.98 Å². The Balaban J connectivity index is 1.64. The summed E-state index contributed by atoms with van der Waals surface area (Å²) >= 11 is 3.24. The summed E-state index contributed by atoms with van der Waals surface area (Å²) in [4.78, 5) is 17.6. The average Bonchev–Trinajstić information content (AvgIpc) is 2.92. The summed E-state index contributed by atoms with van der Waals surface area (Å²) in [6.45, 7) is 0. The van der Waals surface area contributed by atoms with E-state index in [-0.39, 0.29) is 5.91 Å². The standard InChI is InChI=1S/C12H12N2OS2/c15-11(6-8-4-5-16-7-8)14-12-13-9-2-1-3-10(9)17-12/h4-5,7H,1-3,6H2,(H,13,14,15). The molecule has 2 aromatic heterocycles. The number of thiophene rings is 1. The largest absolute Gasteiger partial charge is 0.302 e. The highest BCUT2D eigenvalue weighted by Crippen LogP contribution is 2.30. The topological polar surface area (TPSA) is 42.0 Å². The van der Waals surface area contributed by atoms with Gasteiger partial charge in [-0.1, -0.05) is 0 Å². The molecular formula is C12H12N2OS2. The number of aryl methyl sites for hydroxylation is 2. The molecule has 1 aliphatic rings. The Labute approximate surface area is 108 Å². The maximum absolute atomic E-state index is 11.8. The van der Waals surface area contributed by atoms with Gasteiger partial charge in [-0.05, 0) is 41.7 Å². The summed E-state index contributed by atoms with van der Waals surface area (Å²) in [6.07, 6.45) is 3.82. The number of nitrogens with zero attached hydrogens (tertiary/aromatic N) is 1. The van der Waals surface area contributed by atoms with E-state index in [1.807, 2.05) is 16.8 Å². The molecule has 17 heavy (non-hydrogen) atoms. The molecule has 88 valence electrons. The minimum Gasteiger partial charge on any atom is -0.302 e. The van der Waals surface area contributed by atoms with Crippen LogP contribution in [-0.4, -0.2) is 10.9 Å². The number of hydrogen-bond acceptors (Lipinski definition) is 4. The number of anilines is 1. The molecule has 1 N–H and O–H groups in total. The highest BCUT2D eigenvalue weighted by atomic mass is 32.1. The zero-order chi connectivity index (χ0) is 11.7. The second-order valence-electron chi connectivity index (χ2n) is 4.10. The van der Waals surface area contributed by atoms with Crippen molar-refractivity contribution in [3.05, 3.63) is 33.0 Å². The van der Waals surface area contributed by atoms with E-state index in [1.165, 1.54) is 17.0 Å². The third-order valence-electron chi connectivity index (χ3n) is 2.79. The molecular weight excluding hydrogens is 252 g/mol. The van der Waals surface area contributed by atoms with Gasteiger partial charge in [0.25, 0.3) is 0 Å². The van der Waals surface area contributed by atoms with Crippen LogP contribution < -0.4 is 5.32 Å². The normalized spacial score (nSPS) is 13.6. The third kappa shape index (κ3) is 2.40. The number of nitrogens with one attached hydrogen (secondary N) is 1. The molecule has 0 spiro atoms. The molecule has 0 aliphatic heterocycles. The maximum Gasteiger partial charge on any atom is 0.230 e. The first-order valence-electron chi connectivity index (χ1n) is 5.61. The molecule has 0 aromatic carbocycles. The Morgan fingerprint density at radius 3 is 3.18 bits per heavy atom. The number of aromatic nitrogens is 1. The summed E-state index contributed by atoms with van der Waals surface area (Å²) < 4.78 is 0. The second kappa shape index (κ2) is 4.58. The first-order chi connectivity index (χ1) is 8.31. The van der Waals surface area contributed by atoms with Crippen LogP contribution in [0.4, 0.5) is 5.13 Å². The monoisotopic (exact) mass is 264 g/mol. The van der Waals surface area contributed by atoms with Crippen molar-refractivity contribution in [2.75, 3.05) is 5.32 Å². The summed E-state index contributed by atoms with van der Waals surface area (Å²) in [5.41, 5.74) is 2.25. The highest BCUT2D eigenvalue weighted by molar-refractivity contribution is 7.15. The molecule has 1 amide bonds. The first kappa shape index (κ1) is 10.9. The third-order valence-corrected chi connectivity index (χ3v) is 4.59. The maximum atomic E-state index is 11.8. The van der Waals surface area contributed by atoms with E-state index in [4.69, 9.17) is 0 Å². The second-order valence-corrected chi connectivity index (χ2v) is 5.96. The molecule has 0 unspecified atom stereocenters. The predicted octanol–water partition coefficient (Wildman–Crippen LogP) is 2.87. The average molecular weight is 264 g/mol. The molecule has 3 nitrogen and oxygen atoms in total. The van der Waals surface area contributed by atoms with E-state index >= 15 is 0 Å². The highest BCUT2D eigenvalue weighted by Gasteiger charge is 2.17. The predicted molar refractivity (Wildman–Crippen MR) is 70.8 cm³/mol. The summed E-state index contributed by atoms with van der Waals surface area (Å²) in [7, 11) is 0. The van der Waals surface area contributed by atoms with E-state index in [1.54, 1.807) is 22.7 Å². The van der Waals surface area contributed by atoms with Crippen molar-refractivity contribution in [2.24, 2.45) is 0 Å². The lowest BCUT2D eigenvalue weighted by Gasteiger charge is -1.99.